The zero-order valence-electron chi connectivity index (χ0n) is 10.4. The van der Waals surface area contributed by atoms with Gasteiger partial charge in [-0.1, -0.05) is 18.5 Å². The number of aromatic nitrogens is 2. The Morgan fingerprint density at radius 3 is 3.17 bits per heavy atom. The minimum absolute atomic E-state index is 0.0345. The van der Waals surface area contributed by atoms with Crippen molar-refractivity contribution in [1.82, 2.24) is 15.1 Å². The van der Waals surface area contributed by atoms with E-state index >= 15 is 0 Å². The van der Waals surface area contributed by atoms with E-state index in [1.54, 1.807) is 10.9 Å². The smallest absolute Gasteiger partial charge is 0.244 e. The SMILES string of the molecule is CCC(C(=O)NCC1CCCO1)n1cc(Cl)cn1. The summed E-state index contributed by atoms with van der Waals surface area (Å²) in [7, 11) is 0. The van der Waals surface area contributed by atoms with Crippen LogP contribution in [0.25, 0.3) is 0 Å². The molecule has 0 bridgehead atoms. The maximum Gasteiger partial charge on any atom is 0.244 e. The summed E-state index contributed by atoms with van der Waals surface area (Å²) in [6.07, 6.45) is 6.14. The Morgan fingerprint density at radius 1 is 1.78 bits per heavy atom. The first kappa shape index (κ1) is 13.4. The lowest BCUT2D eigenvalue weighted by Crippen LogP contribution is -2.37. The predicted octanol–water partition coefficient (Wildman–Crippen LogP) is 1.78. The van der Waals surface area contributed by atoms with Crippen LogP contribution in [0.15, 0.2) is 12.4 Å². The number of halogens is 1. The molecule has 5 nitrogen and oxygen atoms in total. The van der Waals surface area contributed by atoms with Crippen molar-refractivity contribution in [3.8, 4) is 0 Å². The van der Waals surface area contributed by atoms with Gasteiger partial charge >= 0.3 is 0 Å². The van der Waals surface area contributed by atoms with Crippen molar-refractivity contribution < 1.29 is 9.53 Å². The Kier molecular flexibility index (Phi) is 4.60. The molecule has 2 rings (SSSR count). The highest BCUT2D eigenvalue weighted by atomic mass is 35.5. The second-order valence-electron chi connectivity index (χ2n) is 4.44. The maximum absolute atomic E-state index is 12.1. The van der Waals surface area contributed by atoms with E-state index in [1.165, 1.54) is 6.20 Å². The maximum atomic E-state index is 12.1. The van der Waals surface area contributed by atoms with Crippen LogP contribution < -0.4 is 5.32 Å². The molecule has 1 N–H and O–H groups in total. The van der Waals surface area contributed by atoms with Crippen LogP contribution in [-0.4, -0.2) is 34.9 Å². The highest BCUT2D eigenvalue weighted by Crippen LogP contribution is 2.15. The third kappa shape index (κ3) is 3.23. The van der Waals surface area contributed by atoms with Crippen LogP contribution in [0.3, 0.4) is 0 Å². The van der Waals surface area contributed by atoms with E-state index in [0.29, 0.717) is 18.0 Å². The summed E-state index contributed by atoms with van der Waals surface area (Å²) in [4.78, 5) is 12.1. The average Bonchev–Trinajstić information content (AvgIpc) is 2.99. The zero-order valence-corrected chi connectivity index (χ0v) is 11.2. The Balaban J connectivity index is 1.89. The Hall–Kier alpha value is -1.07. The highest BCUT2D eigenvalue weighted by Gasteiger charge is 2.21. The average molecular weight is 272 g/mol. The van der Waals surface area contributed by atoms with Gasteiger partial charge in [-0.05, 0) is 19.3 Å². The van der Waals surface area contributed by atoms with Gasteiger partial charge in [0.25, 0.3) is 0 Å². The number of nitrogens with zero attached hydrogens (tertiary/aromatic N) is 2. The van der Waals surface area contributed by atoms with Crippen molar-refractivity contribution in [3.05, 3.63) is 17.4 Å². The molecule has 0 aromatic carbocycles. The molecular weight excluding hydrogens is 254 g/mol. The summed E-state index contributed by atoms with van der Waals surface area (Å²) >= 11 is 5.81. The van der Waals surface area contributed by atoms with E-state index in [2.05, 4.69) is 10.4 Å². The summed E-state index contributed by atoms with van der Waals surface area (Å²) in [5, 5.41) is 7.54. The second-order valence-corrected chi connectivity index (χ2v) is 4.88. The molecule has 1 aromatic heterocycles. The van der Waals surface area contributed by atoms with Gasteiger partial charge in [-0.3, -0.25) is 9.48 Å². The van der Waals surface area contributed by atoms with E-state index in [1.807, 2.05) is 6.92 Å². The molecule has 1 aromatic rings. The lowest BCUT2D eigenvalue weighted by atomic mass is 10.2. The zero-order chi connectivity index (χ0) is 13.0. The summed E-state index contributed by atoms with van der Waals surface area (Å²) in [6.45, 7) is 3.32. The topological polar surface area (TPSA) is 56.1 Å². The molecule has 18 heavy (non-hydrogen) atoms. The number of amides is 1. The van der Waals surface area contributed by atoms with Gasteiger partial charge < -0.3 is 10.1 Å². The second kappa shape index (κ2) is 6.20. The van der Waals surface area contributed by atoms with Gasteiger partial charge in [-0.2, -0.15) is 5.10 Å². The van der Waals surface area contributed by atoms with Crippen molar-refractivity contribution >= 4 is 17.5 Å². The highest BCUT2D eigenvalue weighted by molar-refractivity contribution is 6.30. The first-order valence-electron chi connectivity index (χ1n) is 6.29. The monoisotopic (exact) mass is 271 g/mol. The summed E-state index contributed by atoms with van der Waals surface area (Å²) in [5.41, 5.74) is 0. The molecule has 2 heterocycles. The number of carbonyl (C=O) groups excluding carboxylic acids is 1. The molecule has 1 aliphatic rings. The van der Waals surface area contributed by atoms with Crippen LogP contribution in [-0.2, 0) is 9.53 Å². The minimum atomic E-state index is -0.307. The van der Waals surface area contributed by atoms with Crippen molar-refractivity contribution in [2.24, 2.45) is 0 Å². The molecule has 0 saturated carbocycles. The lowest BCUT2D eigenvalue weighted by molar-refractivity contribution is -0.125. The molecule has 1 saturated heterocycles. The number of ether oxygens (including phenoxy) is 1. The molecule has 0 radical (unpaired) electrons. The van der Waals surface area contributed by atoms with Crippen LogP contribution in [0.5, 0.6) is 0 Å². The van der Waals surface area contributed by atoms with Crippen LogP contribution in [0.4, 0.5) is 0 Å². The molecule has 0 aliphatic carbocycles. The van der Waals surface area contributed by atoms with Crippen molar-refractivity contribution in [3.63, 3.8) is 0 Å². The molecule has 1 fully saturated rings. The molecular formula is C12H18ClN3O2. The minimum Gasteiger partial charge on any atom is -0.376 e. The predicted molar refractivity (Wildman–Crippen MR) is 68.5 cm³/mol. The quantitative estimate of drug-likeness (QED) is 0.888. The number of rotatable bonds is 5. The van der Waals surface area contributed by atoms with E-state index in [-0.39, 0.29) is 18.1 Å². The van der Waals surface area contributed by atoms with Crippen molar-refractivity contribution in [1.29, 1.82) is 0 Å². The van der Waals surface area contributed by atoms with Crippen LogP contribution in [0.2, 0.25) is 5.02 Å². The molecule has 6 heteroatoms. The number of carbonyl (C=O) groups is 1. The van der Waals surface area contributed by atoms with Crippen LogP contribution >= 0.6 is 11.6 Å². The molecule has 0 spiro atoms. The van der Waals surface area contributed by atoms with Crippen LogP contribution in [0.1, 0.15) is 32.2 Å². The van der Waals surface area contributed by atoms with Gasteiger partial charge in [0.1, 0.15) is 6.04 Å². The van der Waals surface area contributed by atoms with Gasteiger partial charge in [0.2, 0.25) is 5.91 Å². The largest absolute Gasteiger partial charge is 0.376 e. The third-order valence-corrected chi connectivity index (χ3v) is 3.30. The van der Waals surface area contributed by atoms with E-state index in [9.17, 15) is 4.79 Å². The number of nitrogens with one attached hydrogen (secondary N) is 1. The van der Waals surface area contributed by atoms with Gasteiger partial charge in [0.15, 0.2) is 0 Å². The fraction of sp³-hybridized carbons (Fsp3) is 0.667. The fourth-order valence-electron chi connectivity index (χ4n) is 2.12. The molecule has 2 atom stereocenters. The van der Waals surface area contributed by atoms with Gasteiger partial charge in [-0.25, -0.2) is 0 Å². The molecule has 100 valence electrons. The van der Waals surface area contributed by atoms with E-state index < -0.39 is 0 Å². The lowest BCUT2D eigenvalue weighted by Gasteiger charge is -2.17. The standard InChI is InChI=1S/C12H18ClN3O2/c1-2-11(16-8-9(13)6-15-16)12(17)14-7-10-4-3-5-18-10/h6,8,10-11H,2-5,7H2,1H3,(H,14,17). The Morgan fingerprint density at radius 2 is 2.61 bits per heavy atom. The fourth-order valence-corrected chi connectivity index (χ4v) is 2.26. The van der Waals surface area contributed by atoms with E-state index in [0.717, 1.165) is 19.4 Å². The number of hydrogen-bond acceptors (Lipinski definition) is 3. The third-order valence-electron chi connectivity index (χ3n) is 3.11. The van der Waals surface area contributed by atoms with E-state index in [4.69, 9.17) is 16.3 Å². The van der Waals surface area contributed by atoms with Crippen molar-refractivity contribution in [2.45, 2.75) is 38.3 Å². The first-order valence-corrected chi connectivity index (χ1v) is 6.67. The Bertz CT molecular complexity index is 402. The summed E-state index contributed by atoms with van der Waals surface area (Å²) in [6, 6.07) is -0.307. The van der Waals surface area contributed by atoms with Gasteiger partial charge in [0, 0.05) is 19.3 Å². The molecule has 1 amide bonds. The first-order chi connectivity index (χ1) is 8.70. The van der Waals surface area contributed by atoms with Crippen molar-refractivity contribution in [2.75, 3.05) is 13.2 Å². The van der Waals surface area contributed by atoms with Crippen LogP contribution in [0, 0.1) is 0 Å². The summed E-state index contributed by atoms with van der Waals surface area (Å²) in [5.74, 6) is -0.0345. The number of hydrogen-bond donors (Lipinski definition) is 1. The molecule has 2 unspecified atom stereocenters. The van der Waals surface area contributed by atoms with Gasteiger partial charge in [-0.15, -0.1) is 0 Å². The Labute approximate surface area is 111 Å². The summed E-state index contributed by atoms with van der Waals surface area (Å²) < 4.78 is 7.07. The molecule has 1 aliphatic heterocycles. The van der Waals surface area contributed by atoms with Gasteiger partial charge in [0.05, 0.1) is 17.3 Å². The normalized spacial score (nSPS) is 20.9.